The van der Waals surface area contributed by atoms with Crippen LogP contribution >= 0.6 is 0 Å². The minimum Gasteiger partial charge on any atom is -0.322 e. The summed E-state index contributed by atoms with van der Waals surface area (Å²) in [5.41, 5.74) is 0. The molecule has 0 bridgehead atoms. The Morgan fingerprint density at radius 2 is 1.16 bits per heavy atom. The summed E-state index contributed by atoms with van der Waals surface area (Å²) in [7, 11) is 0. The van der Waals surface area contributed by atoms with Crippen LogP contribution in [0.15, 0.2) is 0 Å². The number of piperidine rings is 1. The molecule has 0 spiro atoms. The molecule has 9 aliphatic rings. The molecular formula is C34H52N2O. The number of carbonyl (C=O) groups is 1. The number of rotatable bonds is 0. The van der Waals surface area contributed by atoms with Gasteiger partial charge in [-0.15, -0.1) is 0 Å². The first-order valence-electron chi connectivity index (χ1n) is 17.2. The highest BCUT2D eigenvalue weighted by Crippen LogP contribution is 2.70. The minimum absolute atomic E-state index is 0.362. The molecule has 204 valence electrons. The van der Waals surface area contributed by atoms with E-state index in [9.17, 15) is 4.79 Å². The molecule has 3 heteroatoms. The van der Waals surface area contributed by atoms with E-state index >= 15 is 0 Å². The summed E-state index contributed by atoms with van der Waals surface area (Å²) >= 11 is 0. The molecule has 0 aromatic rings. The van der Waals surface area contributed by atoms with Gasteiger partial charge in [0.1, 0.15) is 0 Å². The van der Waals surface area contributed by atoms with Crippen LogP contribution in [-0.4, -0.2) is 29.1 Å². The summed E-state index contributed by atoms with van der Waals surface area (Å²) in [6, 6.07) is 1.11. The maximum absolute atomic E-state index is 14.2. The van der Waals surface area contributed by atoms with Crippen LogP contribution < -0.4 is 5.32 Å². The van der Waals surface area contributed by atoms with E-state index in [2.05, 4.69) is 24.1 Å². The first-order chi connectivity index (χ1) is 18.1. The zero-order chi connectivity index (χ0) is 24.6. The Labute approximate surface area is 225 Å². The maximum Gasteiger partial charge on any atom is 0.227 e. The lowest BCUT2D eigenvalue weighted by molar-refractivity contribution is -0.193. The fourth-order valence-corrected chi connectivity index (χ4v) is 14.8. The van der Waals surface area contributed by atoms with Gasteiger partial charge in [0.15, 0.2) is 0 Å². The molecule has 7 saturated carbocycles. The first-order valence-corrected chi connectivity index (χ1v) is 17.2. The molecule has 7 aliphatic carbocycles. The van der Waals surface area contributed by atoms with E-state index in [-0.39, 0.29) is 0 Å². The molecule has 2 saturated heterocycles. The largest absolute Gasteiger partial charge is 0.322 e. The Balaban J connectivity index is 1.06. The quantitative estimate of drug-likeness (QED) is 0.397. The Morgan fingerprint density at radius 1 is 0.568 bits per heavy atom. The third-order valence-corrected chi connectivity index (χ3v) is 15.6. The van der Waals surface area contributed by atoms with Crippen molar-refractivity contribution in [1.29, 1.82) is 0 Å². The van der Waals surface area contributed by atoms with Crippen LogP contribution in [0.5, 0.6) is 0 Å². The normalized spacial score (nSPS) is 61.5. The van der Waals surface area contributed by atoms with Crippen molar-refractivity contribution in [1.82, 2.24) is 10.2 Å². The van der Waals surface area contributed by atoms with Crippen LogP contribution in [-0.2, 0) is 4.79 Å². The Bertz CT molecular complexity index is 948. The van der Waals surface area contributed by atoms with Gasteiger partial charge >= 0.3 is 0 Å². The molecule has 1 N–H and O–H groups in total. The number of fused-ring (bicyclic) bond motifs is 10. The van der Waals surface area contributed by atoms with Gasteiger partial charge in [0.25, 0.3) is 0 Å². The van der Waals surface area contributed by atoms with Gasteiger partial charge in [-0.1, -0.05) is 39.5 Å². The maximum atomic E-state index is 14.2. The molecular weight excluding hydrogens is 452 g/mol. The molecule has 0 aromatic heterocycles. The zero-order valence-corrected chi connectivity index (χ0v) is 23.6. The third kappa shape index (κ3) is 2.92. The third-order valence-electron chi connectivity index (χ3n) is 15.6. The van der Waals surface area contributed by atoms with Crippen LogP contribution in [0.25, 0.3) is 0 Å². The van der Waals surface area contributed by atoms with Crippen molar-refractivity contribution in [2.45, 2.75) is 122 Å². The second-order valence-electron chi connectivity index (χ2n) is 16.1. The van der Waals surface area contributed by atoms with E-state index < -0.39 is 0 Å². The topological polar surface area (TPSA) is 32.3 Å². The van der Waals surface area contributed by atoms with Crippen LogP contribution in [0.4, 0.5) is 0 Å². The fraction of sp³-hybridized carbons (Fsp3) is 0.971. The Kier molecular flexibility index (Phi) is 5.15. The van der Waals surface area contributed by atoms with Gasteiger partial charge in [-0.2, -0.15) is 0 Å². The molecule has 9 fully saturated rings. The Morgan fingerprint density at radius 3 is 2.00 bits per heavy atom. The molecule has 37 heavy (non-hydrogen) atoms. The molecule has 17 unspecified atom stereocenters. The average Bonchev–Trinajstić information content (AvgIpc) is 3.46. The summed E-state index contributed by atoms with van der Waals surface area (Å²) in [5, 5.41) is 4.12. The van der Waals surface area contributed by atoms with Crippen molar-refractivity contribution in [3.8, 4) is 0 Å². The number of nitrogens with zero attached hydrogens (tertiary/aromatic N) is 1. The van der Waals surface area contributed by atoms with E-state index in [1.165, 1.54) is 70.6 Å². The van der Waals surface area contributed by atoms with Crippen LogP contribution in [0.2, 0.25) is 0 Å². The van der Waals surface area contributed by atoms with Gasteiger partial charge in [0.05, 0.1) is 6.17 Å². The van der Waals surface area contributed by atoms with Gasteiger partial charge < -0.3 is 4.90 Å². The summed E-state index contributed by atoms with van der Waals surface area (Å²) in [6.07, 6.45) is 20.3. The van der Waals surface area contributed by atoms with Crippen molar-refractivity contribution < 1.29 is 4.79 Å². The highest BCUT2D eigenvalue weighted by atomic mass is 16.2. The van der Waals surface area contributed by atoms with E-state index in [4.69, 9.17) is 0 Å². The molecule has 1 amide bonds. The SMILES string of the molecule is CC1C2CCCCC2C2CCC3C4CCC5C(=O)N6C7CCCCC7NC6C6CCC(C(C)C3C12)C4C56. The van der Waals surface area contributed by atoms with Gasteiger partial charge in [-0.25, -0.2) is 0 Å². The molecule has 2 heterocycles. The number of amides is 1. The summed E-state index contributed by atoms with van der Waals surface area (Å²) in [5.74, 6) is 13.2. The predicted octanol–water partition coefficient (Wildman–Crippen LogP) is 6.72. The monoisotopic (exact) mass is 504 g/mol. The van der Waals surface area contributed by atoms with E-state index in [1.54, 1.807) is 19.3 Å². The van der Waals surface area contributed by atoms with Crippen molar-refractivity contribution in [2.24, 2.45) is 82.9 Å². The van der Waals surface area contributed by atoms with E-state index in [0.29, 0.717) is 36.0 Å². The van der Waals surface area contributed by atoms with Crippen LogP contribution in [0, 0.1) is 82.9 Å². The second-order valence-corrected chi connectivity index (χ2v) is 16.1. The van der Waals surface area contributed by atoms with Gasteiger partial charge in [-0.05, 0) is 141 Å². The first kappa shape index (κ1) is 23.2. The van der Waals surface area contributed by atoms with Crippen molar-refractivity contribution in [2.75, 3.05) is 0 Å². The number of nitrogens with one attached hydrogen (secondary N) is 1. The molecule has 2 aliphatic heterocycles. The molecule has 9 rings (SSSR count). The van der Waals surface area contributed by atoms with Gasteiger partial charge in [0.2, 0.25) is 5.91 Å². The molecule has 0 radical (unpaired) electrons. The summed E-state index contributed by atoms with van der Waals surface area (Å²) in [6.45, 7) is 5.45. The lowest BCUT2D eigenvalue weighted by atomic mass is 9.40. The average molecular weight is 505 g/mol. The smallest absolute Gasteiger partial charge is 0.227 e. The van der Waals surface area contributed by atoms with Crippen LogP contribution in [0.1, 0.15) is 104 Å². The van der Waals surface area contributed by atoms with Gasteiger partial charge in [0, 0.05) is 18.0 Å². The summed E-state index contributed by atoms with van der Waals surface area (Å²) in [4.78, 5) is 16.7. The number of hydrogen-bond donors (Lipinski definition) is 1. The fourth-order valence-electron chi connectivity index (χ4n) is 14.8. The lowest BCUT2D eigenvalue weighted by Crippen LogP contribution is -2.67. The van der Waals surface area contributed by atoms with E-state index in [1.807, 2.05) is 0 Å². The highest BCUT2D eigenvalue weighted by molar-refractivity contribution is 5.81. The van der Waals surface area contributed by atoms with E-state index in [0.717, 1.165) is 71.0 Å². The second kappa shape index (κ2) is 8.23. The Hall–Kier alpha value is -0.570. The number of carbonyl (C=O) groups excluding carboxylic acids is 1. The van der Waals surface area contributed by atoms with Crippen LogP contribution in [0.3, 0.4) is 0 Å². The van der Waals surface area contributed by atoms with Crippen molar-refractivity contribution in [3.05, 3.63) is 0 Å². The highest BCUT2D eigenvalue weighted by Gasteiger charge is 2.67. The minimum atomic E-state index is 0.362. The standard InChI is InChI=1S/C34H52N2O/c1-17-19-7-3-4-8-21(19)22-12-13-23-24-14-16-26-32-25(15-11-20(31(24)32)18(2)30(23)29(17)22)33-35-27-9-5-6-10-28(27)36(33)34(26)37/h17-33,35H,3-16H2,1-2H3. The van der Waals surface area contributed by atoms with Crippen molar-refractivity contribution >= 4 is 5.91 Å². The summed E-state index contributed by atoms with van der Waals surface area (Å²) < 4.78 is 0. The van der Waals surface area contributed by atoms with Crippen molar-refractivity contribution in [3.63, 3.8) is 0 Å². The lowest BCUT2D eigenvalue weighted by Gasteiger charge is -2.66. The number of hydrogen-bond acceptors (Lipinski definition) is 2. The van der Waals surface area contributed by atoms with Gasteiger partial charge in [-0.3, -0.25) is 10.1 Å². The zero-order valence-electron chi connectivity index (χ0n) is 23.6. The molecule has 3 nitrogen and oxygen atoms in total. The predicted molar refractivity (Wildman–Crippen MR) is 146 cm³/mol. The molecule has 0 aromatic carbocycles. The molecule has 17 atom stereocenters.